The number of nitrogens with zero attached hydrogens (tertiary/aromatic N) is 4. The summed E-state index contributed by atoms with van der Waals surface area (Å²) in [5.41, 5.74) is 5.61. The third-order valence-electron chi connectivity index (χ3n) is 4.87. The minimum atomic E-state index is -0.235. The van der Waals surface area contributed by atoms with Crippen molar-refractivity contribution in [2.45, 2.75) is 39.0 Å². The number of carbonyl (C=O) groups excluding carboxylic acids is 1. The first-order chi connectivity index (χ1) is 12.1. The van der Waals surface area contributed by atoms with Crippen LogP contribution in [0.1, 0.15) is 41.5 Å². The Morgan fingerprint density at radius 3 is 2.76 bits per heavy atom. The molecule has 2 heterocycles. The first kappa shape index (κ1) is 15.6. The van der Waals surface area contributed by atoms with E-state index in [1.54, 1.807) is 0 Å². The summed E-state index contributed by atoms with van der Waals surface area (Å²) < 4.78 is 2.03. The lowest BCUT2D eigenvalue weighted by molar-refractivity contribution is -0.118. The van der Waals surface area contributed by atoms with Crippen molar-refractivity contribution in [3.63, 3.8) is 0 Å². The molecule has 1 amide bonds. The predicted octanol–water partition coefficient (Wildman–Crippen LogP) is 2.67. The van der Waals surface area contributed by atoms with Crippen LogP contribution in [0, 0.1) is 13.8 Å². The molecule has 0 fully saturated rings. The molecule has 4 rings (SSSR count). The Hall–Kier alpha value is -2.96. The van der Waals surface area contributed by atoms with Crippen LogP contribution in [0.15, 0.2) is 30.6 Å². The highest BCUT2D eigenvalue weighted by molar-refractivity contribution is 5.95. The number of aromatic amines is 1. The Labute approximate surface area is 145 Å². The van der Waals surface area contributed by atoms with Crippen LogP contribution in [-0.4, -0.2) is 30.9 Å². The lowest BCUT2D eigenvalue weighted by atomic mass is 9.89. The van der Waals surface area contributed by atoms with Gasteiger partial charge in [-0.3, -0.25) is 4.79 Å². The normalized spacial score (nSPS) is 16.5. The van der Waals surface area contributed by atoms with Crippen LogP contribution in [0.2, 0.25) is 0 Å². The zero-order chi connectivity index (χ0) is 17.4. The molecule has 1 atom stereocenters. The van der Waals surface area contributed by atoms with Crippen molar-refractivity contribution in [3.8, 4) is 5.69 Å². The Morgan fingerprint density at radius 1 is 1.24 bits per heavy atom. The van der Waals surface area contributed by atoms with E-state index in [1.807, 2.05) is 49.0 Å². The van der Waals surface area contributed by atoms with Crippen LogP contribution < -0.4 is 5.32 Å². The number of fused-ring (bicyclic) bond motifs is 1. The number of amides is 1. The maximum Gasteiger partial charge on any atom is 0.233 e. The van der Waals surface area contributed by atoms with Crippen LogP contribution >= 0.6 is 0 Å². The van der Waals surface area contributed by atoms with E-state index >= 15 is 0 Å². The second-order valence-electron chi connectivity index (χ2n) is 6.42. The van der Waals surface area contributed by atoms with Crippen molar-refractivity contribution in [1.82, 2.24) is 25.0 Å². The zero-order valence-electron chi connectivity index (χ0n) is 14.3. The van der Waals surface area contributed by atoms with Gasteiger partial charge < -0.3 is 9.88 Å². The van der Waals surface area contributed by atoms with Crippen LogP contribution in [0.5, 0.6) is 0 Å². The fourth-order valence-electron chi connectivity index (χ4n) is 3.28. The number of aryl methyl sites for hydroxylation is 2. The van der Waals surface area contributed by atoms with Crippen LogP contribution in [0.25, 0.3) is 5.69 Å². The molecule has 0 radical (unpaired) electrons. The SMILES string of the molecule is Cc1ncn(-c2ccc(NC(=O)C3CCCc4n[nH]nc43)cc2)c1C. The Balaban J connectivity index is 1.50. The number of hydrogen-bond donors (Lipinski definition) is 2. The fraction of sp³-hybridized carbons (Fsp3) is 0.333. The molecule has 7 heteroatoms. The van der Waals surface area contributed by atoms with Gasteiger partial charge in [0.05, 0.1) is 29.3 Å². The molecule has 1 aliphatic carbocycles. The highest BCUT2D eigenvalue weighted by atomic mass is 16.1. The number of aromatic nitrogens is 5. The molecule has 0 aliphatic heterocycles. The highest BCUT2D eigenvalue weighted by Crippen LogP contribution is 2.29. The Bertz CT molecular complexity index is 908. The van der Waals surface area contributed by atoms with Gasteiger partial charge in [-0.2, -0.15) is 15.4 Å². The van der Waals surface area contributed by atoms with E-state index in [9.17, 15) is 4.79 Å². The smallest absolute Gasteiger partial charge is 0.233 e. The molecule has 128 valence electrons. The van der Waals surface area contributed by atoms with Crippen LogP contribution in [0.4, 0.5) is 5.69 Å². The minimum absolute atomic E-state index is 0.0303. The van der Waals surface area contributed by atoms with Gasteiger partial charge in [0.25, 0.3) is 0 Å². The minimum Gasteiger partial charge on any atom is -0.326 e. The lowest BCUT2D eigenvalue weighted by Gasteiger charge is -2.19. The molecule has 0 saturated carbocycles. The van der Waals surface area contributed by atoms with Crippen molar-refractivity contribution in [2.24, 2.45) is 0 Å². The summed E-state index contributed by atoms with van der Waals surface area (Å²) in [6.07, 6.45) is 4.45. The number of nitrogens with one attached hydrogen (secondary N) is 2. The van der Waals surface area contributed by atoms with Gasteiger partial charge >= 0.3 is 0 Å². The predicted molar refractivity (Wildman–Crippen MR) is 93.7 cm³/mol. The molecule has 1 aromatic carbocycles. The molecule has 1 aliphatic rings. The summed E-state index contributed by atoms with van der Waals surface area (Å²) >= 11 is 0. The Morgan fingerprint density at radius 2 is 2.04 bits per heavy atom. The van der Waals surface area contributed by atoms with Gasteiger partial charge in [0.1, 0.15) is 0 Å². The van der Waals surface area contributed by atoms with Gasteiger partial charge in [0, 0.05) is 17.1 Å². The van der Waals surface area contributed by atoms with Crippen LogP contribution in [-0.2, 0) is 11.2 Å². The van der Waals surface area contributed by atoms with E-state index in [0.29, 0.717) is 0 Å². The van der Waals surface area contributed by atoms with Crippen molar-refractivity contribution in [2.75, 3.05) is 5.32 Å². The number of benzene rings is 1. The largest absolute Gasteiger partial charge is 0.326 e. The van der Waals surface area contributed by atoms with Crippen molar-refractivity contribution in [1.29, 1.82) is 0 Å². The standard InChI is InChI=1S/C18H20N6O/c1-11-12(2)24(10-19-11)14-8-6-13(7-9-14)20-18(25)15-4-3-5-16-17(15)22-23-21-16/h6-10,15H,3-5H2,1-2H3,(H,20,25)(H,21,22,23). The molecule has 0 saturated heterocycles. The van der Waals surface area contributed by atoms with Gasteiger partial charge in [-0.15, -0.1) is 0 Å². The van der Waals surface area contributed by atoms with E-state index in [4.69, 9.17) is 0 Å². The van der Waals surface area contributed by atoms with Gasteiger partial charge in [-0.25, -0.2) is 4.98 Å². The monoisotopic (exact) mass is 336 g/mol. The number of imidazole rings is 1. The molecular formula is C18H20N6O. The van der Waals surface area contributed by atoms with E-state index in [-0.39, 0.29) is 11.8 Å². The molecule has 2 N–H and O–H groups in total. The second-order valence-corrected chi connectivity index (χ2v) is 6.42. The van der Waals surface area contributed by atoms with Gasteiger partial charge in [0.2, 0.25) is 5.91 Å². The summed E-state index contributed by atoms with van der Waals surface area (Å²) in [6, 6.07) is 7.78. The average Bonchev–Trinajstić information content (AvgIpc) is 3.23. The van der Waals surface area contributed by atoms with E-state index in [1.165, 1.54) is 0 Å². The summed E-state index contributed by atoms with van der Waals surface area (Å²) in [7, 11) is 0. The maximum atomic E-state index is 12.6. The lowest BCUT2D eigenvalue weighted by Crippen LogP contribution is -2.24. The first-order valence-corrected chi connectivity index (χ1v) is 8.45. The number of H-pyrrole nitrogens is 1. The molecule has 25 heavy (non-hydrogen) atoms. The number of anilines is 1. The molecule has 0 bridgehead atoms. The quantitative estimate of drug-likeness (QED) is 0.769. The third-order valence-corrected chi connectivity index (χ3v) is 4.87. The summed E-state index contributed by atoms with van der Waals surface area (Å²) in [4.78, 5) is 17.0. The fourth-order valence-corrected chi connectivity index (χ4v) is 3.28. The number of carbonyl (C=O) groups is 1. The summed E-state index contributed by atoms with van der Waals surface area (Å²) in [5, 5.41) is 13.9. The van der Waals surface area contributed by atoms with E-state index in [0.717, 1.165) is 53.4 Å². The zero-order valence-corrected chi connectivity index (χ0v) is 14.3. The molecule has 3 aromatic rings. The topological polar surface area (TPSA) is 88.5 Å². The maximum absolute atomic E-state index is 12.6. The van der Waals surface area contributed by atoms with Crippen molar-refractivity contribution < 1.29 is 4.79 Å². The van der Waals surface area contributed by atoms with Gasteiger partial charge in [0.15, 0.2) is 0 Å². The van der Waals surface area contributed by atoms with Crippen molar-refractivity contribution in [3.05, 3.63) is 53.4 Å². The third kappa shape index (κ3) is 2.82. The van der Waals surface area contributed by atoms with Crippen molar-refractivity contribution >= 4 is 11.6 Å². The molecule has 7 nitrogen and oxygen atoms in total. The van der Waals surface area contributed by atoms with Gasteiger partial charge in [-0.05, 0) is 57.4 Å². The average molecular weight is 336 g/mol. The highest BCUT2D eigenvalue weighted by Gasteiger charge is 2.29. The van der Waals surface area contributed by atoms with Crippen LogP contribution in [0.3, 0.4) is 0 Å². The summed E-state index contributed by atoms with van der Waals surface area (Å²) in [5.74, 6) is -0.266. The molecular weight excluding hydrogens is 316 g/mol. The molecule has 0 spiro atoms. The number of rotatable bonds is 3. The Kier molecular flexibility index (Phi) is 3.83. The second kappa shape index (κ2) is 6.16. The van der Waals surface area contributed by atoms with E-state index in [2.05, 4.69) is 25.7 Å². The van der Waals surface area contributed by atoms with E-state index < -0.39 is 0 Å². The first-order valence-electron chi connectivity index (χ1n) is 8.45. The molecule has 2 aromatic heterocycles. The number of hydrogen-bond acceptors (Lipinski definition) is 4. The summed E-state index contributed by atoms with van der Waals surface area (Å²) in [6.45, 7) is 4.03. The molecule has 1 unspecified atom stereocenters. The van der Waals surface area contributed by atoms with Gasteiger partial charge in [-0.1, -0.05) is 0 Å².